The normalized spacial score (nSPS) is 9.89. The maximum absolute atomic E-state index is 12.7. The lowest BCUT2D eigenvalue weighted by Crippen LogP contribution is -2.14. The molecule has 0 aliphatic carbocycles. The molecule has 0 bridgehead atoms. The molecule has 2 aromatic rings. The van der Waals surface area contributed by atoms with Crippen LogP contribution in [-0.2, 0) is 0 Å². The van der Waals surface area contributed by atoms with Crippen molar-refractivity contribution in [3.8, 4) is 0 Å². The van der Waals surface area contributed by atoms with Crippen molar-refractivity contribution in [2.45, 2.75) is 0 Å². The first-order chi connectivity index (χ1) is 8.70. The number of para-hydroxylation sites is 1. The number of anilines is 2. The predicted molar refractivity (Wildman–Crippen MR) is 68.1 cm³/mol. The number of amides is 1. The molecular weight excluding hydrogens is 233 g/mol. The Bertz CT molecular complexity index is 554. The molecule has 0 aliphatic heterocycles. The van der Waals surface area contributed by atoms with Gasteiger partial charge in [0.05, 0.1) is 11.8 Å². The zero-order valence-electron chi connectivity index (χ0n) is 9.77. The third-order valence-electron chi connectivity index (χ3n) is 2.41. The Labute approximate surface area is 104 Å². The zero-order valence-corrected chi connectivity index (χ0v) is 9.77. The van der Waals surface area contributed by atoms with Gasteiger partial charge in [-0.3, -0.25) is 4.79 Å². The lowest BCUT2D eigenvalue weighted by molar-refractivity contribution is 0.102. The molecule has 1 amide bonds. The summed E-state index contributed by atoms with van der Waals surface area (Å²) < 4.78 is 12.7. The summed E-state index contributed by atoms with van der Waals surface area (Å²) in [5.74, 6) is -0.421. The van der Waals surface area contributed by atoms with E-state index in [0.717, 1.165) is 11.9 Å². The number of pyridine rings is 1. The summed E-state index contributed by atoms with van der Waals surface area (Å²) in [5, 5.41) is 5.53. The van der Waals surface area contributed by atoms with Crippen molar-refractivity contribution in [1.29, 1.82) is 0 Å². The van der Waals surface area contributed by atoms with Gasteiger partial charge in [0.15, 0.2) is 0 Å². The highest BCUT2D eigenvalue weighted by atomic mass is 19.1. The lowest BCUT2D eigenvalue weighted by atomic mass is 10.1. The van der Waals surface area contributed by atoms with Crippen molar-refractivity contribution in [3.05, 3.63) is 54.0 Å². The van der Waals surface area contributed by atoms with Crippen LogP contribution in [0.5, 0.6) is 0 Å². The Balaban J connectivity index is 2.19. The molecule has 0 fully saturated rings. The van der Waals surface area contributed by atoms with Gasteiger partial charge in [0.25, 0.3) is 5.91 Å². The number of aromatic nitrogens is 1. The van der Waals surface area contributed by atoms with Crippen molar-refractivity contribution in [3.63, 3.8) is 0 Å². The average molecular weight is 245 g/mol. The van der Waals surface area contributed by atoms with Crippen LogP contribution in [-0.4, -0.2) is 17.9 Å². The summed E-state index contributed by atoms with van der Waals surface area (Å²) in [7, 11) is 1.74. The molecule has 0 unspecified atom stereocenters. The van der Waals surface area contributed by atoms with Crippen LogP contribution in [0, 0.1) is 5.82 Å². The second kappa shape index (κ2) is 5.27. The number of rotatable bonds is 3. The first-order valence-corrected chi connectivity index (χ1v) is 5.40. The van der Waals surface area contributed by atoms with Gasteiger partial charge >= 0.3 is 0 Å². The highest BCUT2D eigenvalue weighted by Crippen LogP contribution is 2.15. The molecule has 92 valence electrons. The summed E-state index contributed by atoms with van der Waals surface area (Å²) in [6, 6.07) is 9.76. The number of nitrogens with one attached hydrogen (secondary N) is 2. The number of benzene rings is 1. The first-order valence-electron chi connectivity index (χ1n) is 5.40. The maximum Gasteiger partial charge on any atom is 0.258 e. The number of carbonyl (C=O) groups excluding carboxylic acids is 1. The largest absolute Gasteiger partial charge is 0.387 e. The van der Waals surface area contributed by atoms with Crippen molar-refractivity contribution in [2.75, 3.05) is 17.7 Å². The van der Waals surface area contributed by atoms with Gasteiger partial charge in [-0.2, -0.15) is 0 Å². The Morgan fingerprint density at radius 3 is 2.67 bits per heavy atom. The SMILES string of the molecule is CNc1ccccc1C(=O)Nc1ccc(F)cn1. The van der Waals surface area contributed by atoms with Gasteiger partial charge in [-0.05, 0) is 24.3 Å². The molecule has 2 N–H and O–H groups in total. The Kier molecular flexibility index (Phi) is 3.52. The molecule has 1 heterocycles. The van der Waals surface area contributed by atoms with Crippen molar-refractivity contribution in [2.24, 2.45) is 0 Å². The molecule has 0 saturated heterocycles. The van der Waals surface area contributed by atoms with Gasteiger partial charge in [-0.25, -0.2) is 9.37 Å². The molecule has 2 rings (SSSR count). The highest BCUT2D eigenvalue weighted by molar-refractivity contribution is 6.07. The fraction of sp³-hybridized carbons (Fsp3) is 0.0769. The minimum absolute atomic E-state index is 0.293. The molecule has 5 heteroatoms. The minimum Gasteiger partial charge on any atom is -0.387 e. The third kappa shape index (κ3) is 2.63. The number of hydrogen-bond donors (Lipinski definition) is 2. The van der Waals surface area contributed by atoms with Crippen molar-refractivity contribution >= 4 is 17.4 Å². The Morgan fingerprint density at radius 1 is 1.22 bits per heavy atom. The second-order valence-corrected chi connectivity index (χ2v) is 3.61. The summed E-state index contributed by atoms with van der Waals surface area (Å²) in [4.78, 5) is 15.8. The molecule has 18 heavy (non-hydrogen) atoms. The van der Waals surface area contributed by atoms with Gasteiger partial charge in [0.1, 0.15) is 11.6 Å². The van der Waals surface area contributed by atoms with Gasteiger partial charge in [0.2, 0.25) is 0 Å². The monoisotopic (exact) mass is 245 g/mol. The molecule has 0 aliphatic rings. The van der Waals surface area contributed by atoms with Crippen LogP contribution in [0.25, 0.3) is 0 Å². The van der Waals surface area contributed by atoms with E-state index in [2.05, 4.69) is 15.6 Å². The number of nitrogens with zero attached hydrogens (tertiary/aromatic N) is 1. The van der Waals surface area contributed by atoms with Crippen LogP contribution in [0.4, 0.5) is 15.9 Å². The molecule has 0 atom stereocenters. The van der Waals surface area contributed by atoms with E-state index in [1.807, 2.05) is 6.07 Å². The zero-order chi connectivity index (χ0) is 13.0. The number of halogens is 1. The van der Waals surface area contributed by atoms with E-state index in [4.69, 9.17) is 0 Å². The van der Waals surface area contributed by atoms with Gasteiger partial charge in [-0.1, -0.05) is 12.1 Å². The lowest BCUT2D eigenvalue weighted by Gasteiger charge is -2.08. The summed E-state index contributed by atoms with van der Waals surface area (Å²) >= 11 is 0. The van der Waals surface area contributed by atoms with E-state index in [1.54, 1.807) is 25.2 Å². The molecule has 0 saturated carbocycles. The second-order valence-electron chi connectivity index (χ2n) is 3.61. The van der Waals surface area contributed by atoms with E-state index in [9.17, 15) is 9.18 Å². The van der Waals surface area contributed by atoms with Crippen LogP contribution in [0.2, 0.25) is 0 Å². The average Bonchev–Trinajstić information content (AvgIpc) is 2.41. The van der Waals surface area contributed by atoms with Crippen molar-refractivity contribution in [1.82, 2.24) is 4.98 Å². The van der Waals surface area contributed by atoms with Gasteiger partial charge < -0.3 is 10.6 Å². The minimum atomic E-state index is -0.441. The van der Waals surface area contributed by atoms with Gasteiger partial charge in [-0.15, -0.1) is 0 Å². The molecule has 1 aromatic carbocycles. The highest BCUT2D eigenvalue weighted by Gasteiger charge is 2.10. The fourth-order valence-electron chi connectivity index (χ4n) is 1.53. The number of hydrogen-bond acceptors (Lipinski definition) is 3. The van der Waals surface area contributed by atoms with Crippen molar-refractivity contribution < 1.29 is 9.18 Å². The Hall–Kier alpha value is -2.43. The van der Waals surface area contributed by atoms with E-state index < -0.39 is 5.82 Å². The molecule has 4 nitrogen and oxygen atoms in total. The van der Waals surface area contributed by atoms with Crippen LogP contribution in [0.3, 0.4) is 0 Å². The third-order valence-corrected chi connectivity index (χ3v) is 2.41. The smallest absolute Gasteiger partial charge is 0.258 e. The fourth-order valence-corrected chi connectivity index (χ4v) is 1.53. The maximum atomic E-state index is 12.7. The molecule has 0 radical (unpaired) electrons. The predicted octanol–water partition coefficient (Wildman–Crippen LogP) is 2.51. The van der Waals surface area contributed by atoms with Crippen LogP contribution in [0.1, 0.15) is 10.4 Å². The standard InChI is InChI=1S/C13H12FN3O/c1-15-11-5-3-2-4-10(11)13(18)17-12-7-6-9(14)8-16-12/h2-8,15H,1H3,(H,16,17,18). The Morgan fingerprint density at radius 2 is 2.00 bits per heavy atom. The van der Waals surface area contributed by atoms with E-state index in [0.29, 0.717) is 11.4 Å². The topological polar surface area (TPSA) is 54.0 Å². The van der Waals surface area contributed by atoms with Crippen LogP contribution >= 0.6 is 0 Å². The van der Waals surface area contributed by atoms with E-state index in [1.165, 1.54) is 12.1 Å². The van der Waals surface area contributed by atoms with E-state index in [-0.39, 0.29) is 5.91 Å². The molecule has 1 aromatic heterocycles. The quantitative estimate of drug-likeness (QED) is 0.873. The number of carbonyl (C=O) groups is 1. The summed E-state index contributed by atoms with van der Waals surface area (Å²) in [6.45, 7) is 0. The van der Waals surface area contributed by atoms with Crippen LogP contribution in [0.15, 0.2) is 42.6 Å². The van der Waals surface area contributed by atoms with Crippen LogP contribution < -0.4 is 10.6 Å². The summed E-state index contributed by atoms with van der Waals surface area (Å²) in [6.07, 6.45) is 1.06. The molecule has 0 spiro atoms. The van der Waals surface area contributed by atoms with E-state index >= 15 is 0 Å². The first kappa shape index (κ1) is 12.0. The van der Waals surface area contributed by atoms with Gasteiger partial charge in [0, 0.05) is 12.7 Å². The molecular formula is C13H12FN3O. The summed E-state index contributed by atoms with van der Waals surface area (Å²) in [5.41, 5.74) is 1.23.